The third kappa shape index (κ3) is 3.95. The van der Waals surface area contributed by atoms with Crippen molar-refractivity contribution in [3.8, 4) is 5.75 Å². The van der Waals surface area contributed by atoms with Crippen molar-refractivity contribution >= 4 is 0 Å². The summed E-state index contributed by atoms with van der Waals surface area (Å²) in [5, 5.41) is 9.33. The molecule has 0 spiro atoms. The predicted molar refractivity (Wildman–Crippen MR) is 79.3 cm³/mol. The molecule has 0 radical (unpaired) electrons. The van der Waals surface area contributed by atoms with Crippen LogP contribution in [0.3, 0.4) is 0 Å². The monoisotopic (exact) mass is 262 g/mol. The molecule has 0 saturated carbocycles. The molecular weight excluding hydrogens is 236 g/mol. The lowest BCUT2D eigenvalue weighted by molar-refractivity contribution is 0.0983. The number of hydrogen-bond donors (Lipinski definition) is 2. The van der Waals surface area contributed by atoms with Crippen LogP contribution < -0.4 is 5.73 Å². The van der Waals surface area contributed by atoms with Gasteiger partial charge in [-0.2, -0.15) is 0 Å². The fourth-order valence-electron chi connectivity index (χ4n) is 3.20. The average Bonchev–Trinajstić information content (AvgIpc) is 2.42. The summed E-state index contributed by atoms with van der Waals surface area (Å²) in [7, 11) is 0. The molecule has 2 unspecified atom stereocenters. The van der Waals surface area contributed by atoms with Crippen molar-refractivity contribution in [1.29, 1.82) is 0 Å². The fourth-order valence-corrected chi connectivity index (χ4v) is 3.20. The van der Waals surface area contributed by atoms with Crippen molar-refractivity contribution < 1.29 is 5.11 Å². The molecule has 1 aromatic rings. The van der Waals surface area contributed by atoms with Crippen LogP contribution in [0.5, 0.6) is 5.75 Å². The van der Waals surface area contributed by atoms with E-state index in [-0.39, 0.29) is 0 Å². The van der Waals surface area contributed by atoms with Crippen LogP contribution in [0.15, 0.2) is 24.3 Å². The van der Waals surface area contributed by atoms with Crippen LogP contribution in [0.1, 0.15) is 38.2 Å². The third-order valence-corrected chi connectivity index (χ3v) is 4.21. The normalized spacial score (nSPS) is 22.3. The molecule has 1 heterocycles. The van der Waals surface area contributed by atoms with Gasteiger partial charge in [-0.25, -0.2) is 0 Å². The molecular formula is C16H26N2O. The van der Waals surface area contributed by atoms with Gasteiger partial charge in [0.25, 0.3) is 0 Å². The SMILES string of the molecule is CC(Cc1ccc(O)cc1)N1CCCCC1CCN. The lowest BCUT2D eigenvalue weighted by Crippen LogP contribution is -2.46. The summed E-state index contributed by atoms with van der Waals surface area (Å²) in [6.07, 6.45) is 6.09. The second-order valence-electron chi connectivity index (χ2n) is 5.68. The lowest BCUT2D eigenvalue weighted by atomic mass is 9.95. The zero-order valence-corrected chi connectivity index (χ0v) is 11.9. The Labute approximate surface area is 116 Å². The number of phenols is 1. The van der Waals surface area contributed by atoms with E-state index in [2.05, 4.69) is 11.8 Å². The summed E-state index contributed by atoms with van der Waals surface area (Å²) in [6.45, 7) is 4.29. The predicted octanol–water partition coefficient (Wildman–Crippen LogP) is 2.53. The van der Waals surface area contributed by atoms with Gasteiger partial charge in [0.15, 0.2) is 0 Å². The number of benzene rings is 1. The van der Waals surface area contributed by atoms with Crippen LogP contribution in [-0.2, 0) is 6.42 Å². The van der Waals surface area contributed by atoms with Gasteiger partial charge in [-0.1, -0.05) is 18.6 Å². The number of nitrogens with two attached hydrogens (primary N) is 1. The van der Waals surface area contributed by atoms with Gasteiger partial charge < -0.3 is 10.8 Å². The van der Waals surface area contributed by atoms with Gasteiger partial charge in [-0.05, 0) is 63.4 Å². The molecule has 1 aromatic carbocycles. The Morgan fingerprint density at radius 2 is 2.05 bits per heavy atom. The minimum Gasteiger partial charge on any atom is -0.508 e. The Balaban J connectivity index is 1.96. The zero-order valence-electron chi connectivity index (χ0n) is 11.9. The molecule has 3 N–H and O–H groups in total. The van der Waals surface area contributed by atoms with E-state index in [9.17, 15) is 5.11 Å². The van der Waals surface area contributed by atoms with E-state index in [0.717, 1.165) is 19.4 Å². The number of phenolic OH excluding ortho intramolecular Hbond substituents is 1. The number of hydrogen-bond acceptors (Lipinski definition) is 3. The Kier molecular flexibility index (Phi) is 5.23. The molecule has 0 bridgehead atoms. The summed E-state index contributed by atoms with van der Waals surface area (Å²) in [5.74, 6) is 0.343. The summed E-state index contributed by atoms with van der Waals surface area (Å²) in [5.41, 5.74) is 7.03. The lowest BCUT2D eigenvalue weighted by Gasteiger charge is -2.40. The van der Waals surface area contributed by atoms with Gasteiger partial charge in [-0.3, -0.25) is 4.90 Å². The molecule has 19 heavy (non-hydrogen) atoms. The first kappa shape index (κ1) is 14.4. The highest BCUT2D eigenvalue weighted by Gasteiger charge is 2.25. The number of nitrogens with zero attached hydrogens (tertiary/aromatic N) is 1. The number of piperidine rings is 1. The third-order valence-electron chi connectivity index (χ3n) is 4.21. The van der Waals surface area contributed by atoms with Gasteiger partial charge in [0, 0.05) is 12.1 Å². The minimum atomic E-state index is 0.343. The number of aromatic hydroxyl groups is 1. The Bertz CT molecular complexity index is 375. The molecule has 1 fully saturated rings. The molecule has 0 amide bonds. The molecule has 1 aliphatic heterocycles. The highest BCUT2D eigenvalue weighted by molar-refractivity contribution is 5.26. The first-order chi connectivity index (χ1) is 9.20. The van der Waals surface area contributed by atoms with Crippen molar-refractivity contribution in [3.05, 3.63) is 29.8 Å². The minimum absolute atomic E-state index is 0.343. The van der Waals surface area contributed by atoms with Gasteiger partial charge >= 0.3 is 0 Å². The van der Waals surface area contributed by atoms with E-state index in [1.54, 1.807) is 12.1 Å². The molecule has 1 saturated heterocycles. The molecule has 0 aromatic heterocycles. The highest BCUT2D eigenvalue weighted by Crippen LogP contribution is 2.23. The van der Waals surface area contributed by atoms with Crippen LogP contribution in [0.4, 0.5) is 0 Å². The topological polar surface area (TPSA) is 49.5 Å². The van der Waals surface area contributed by atoms with E-state index >= 15 is 0 Å². The van der Waals surface area contributed by atoms with Gasteiger partial charge in [0.05, 0.1) is 0 Å². The maximum atomic E-state index is 9.33. The maximum absolute atomic E-state index is 9.33. The summed E-state index contributed by atoms with van der Waals surface area (Å²) < 4.78 is 0. The van der Waals surface area contributed by atoms with Crippen LogP contribution in [0.2, 0.25) is 0 Å². The summed E-state index contributed by atoms with van der Waals surface area (Å²) in [6, 6.07) is 8.79. The number of likely N-dealkylation sites (tertiary alicyclic amines) is 1. The smallest absolute Gasteiger partial charge is 0.115 e. The molecule has 3 nitrogen and oxygen atoms in total. The Morgan fingerprint density at radius 1 is 1.32 bits per heavy atom. The Hall–Kier alpha value is -1.06. The zero-order chi connectivity index (χ0) is 13.7. The first-order valence-electron chi connectivity index (χ1n) is 7.44. The Morgan fingerprint density at radius 3 is 2.74 bits per heavy atom. The highest BCUT2D eigenvalue weighted by atomic mass is 16.3. The van der Waals surface area contributed by atoms with E-state index in [1.165, 1.54) is 31.4 Å². The summed E-state index contributed by atoms with van der Waals surface area (Å²) >= 11 is 0. The van der Waals surface area contributed by atoms with Crippen LogP contribution in [0, 0.1) is 0 Å². The van der Waals surface area contributed by atoms with E-state index < -0.39 is 0 Å². The molecule has 1 aliphatic rings. The summed E-state index contributed by atoms with van der Waals surface area (Å²) in [4.78, 5) is 2.63. The van der Waals surface area contributed by atoms with E-state index in [1.807, 2.05) is 12.1 Å². The average molecular weight is 262 g/mol. The quantitative estimate of drug-likeness (QED) is 0.857. The number of rotatable bonds is 5. The van der Waals surface area contributed by atoms with Crippen molar-refractivity contribution in [3.63, 3.8) is 0 Å². The van der Waals surface area contributed by atoms with Gasteiger partial charge in [0.1, 0.15) is 5.75 Å². The van der Waals surface area contributed by atoms with Crippen LogP contribution in [-0.4, -0.2) is 35.2 Å². The van der Waals surface area contributed by atoms with Crippen LogP contribution >= 0.6 is 0 Å². The van der Waals surface area contributed by atoms with Crippen LogP contribution in [0.25, 0.3) is 0 Å². The largest absolute Gasteiger partial charge is 0.508 e. The van der Waals surface area contributed by atoms with Gasteiger partial charge in [0.2, 0.25) is 0 Å². The molecule has 2 rings (SSSR count). The second kappa shape index (κ2) is 6.92. The van der Waals surface area contributed by atoms with Gasteiger partial charge in [-0.15, -0.1) is 0 Å². The first-order valence-corrected chi connectivity index (χ1v) is 7.44. The van der Waals surface area contributed by atoms with E-state index in [4.69, 9.17) is 5.73 Å². The maximum Gasteiger partial charge on any atom is 0.115 e. The van der Waals surface area contributed by atoms with Crippen molar-refractivity contribution in [2.24, 2.45) is 5.73 Å². The standard InChI is InChI=1S/C16H26N2O/c1-13(12-14-5-7-16(19)8-6-14)18-11-3-2-4-15(18)9-10-17/h5-8,13,15,19H,2-4,9-12,17H2,1H3. The van der Waals surface area contributed by atoms with Crippen molar-refractivity contribution in [1.82, 2.24) is 4.90 Å². The molecule has 2 atom stereocenters. The fraction of sp³-hybridized carbons (Fsp3) is 0.625. The van der Waals surface area contributed by atoms with E-state index in [0.29, 0.717) is 17.8 Å². The van der Waals surface area contributed by atoms with Crippen molar-refractivity contribution in [2.45, 2.75) is 51.1 Å². The molecule has 3 heteroatoms. The molecule has 106 valence electrons. The van der Waals surface area contributed by atoms with Crippen molar-refractivity contribution in [2.75, 3.05) is 13.1 Å². The second-order valence-corrected chi connectivity index (χ2v) is 5.68. The molecule has 0 aliphatic carbocycles.